The molecule has 0 saturated heterocycles. The van der Waals surface area contributed by atoms with Gasteiger partial charge in [0.05, 0.1) is 0 Å². The van der Waals surface area contributed by atoms with Crippen LogP contribution in [0.15, 0.2) is 67.0 Å². The van der Waals surface area contributed by atoms with Crippen molar-refractivity contribution >= 4 is 0 Å². The maximum absolute atomic E-state index is 13.3. The third-order valence-electron chi connectivity index (χ3n) is 4.02. The van der Waals surface area contributed by atoms with Crippen molar-refractivity contribution in [2.75, 3.05) is 0 Å². The summed E-state index contributed by atoms with van der Waals surface area (Å²) in [6.45, 7) is 2.00. The van der Waals surface area contributed by atoms with E-state index in [4.69, 9.17) is 0 Å². The second-order valence-electron chi connectivity index (χ2n) is 5.73. The van der Waals surface area contributed by atoms with Gasteiger partial charge in [-0.05, 0) is 54.8 Å². The molecule has 2 aromatic carbocycles. The Morgan fingerprint density at radius 2 is 1.70 bits per heavy atom. The second kappa shape index (κ2) is 6.61. The van der Waals surface area contributed by atoms with Gasteiger partial charge < -0.3 is 5.11 Å². The zero-order valence-electron chi connectivity index (χ0n) is 12.9. The van der Waals surface area contributed by atoms with E-state index in [0.717, 1.165) is 22.3 Å². The van der Waals surface area contributed by atoms with Gasteiger partial charge in [-0.15, -0.1) is 0 Å². The van der Waals surface area contributed by atoms with Gasteiger partial charge >= 0.3 is 0 Å². The predicted octanol–water partition coefficient (Wildman–Crippen LogP) is 4.61. The van der Waals surface area contributed by atoms with E-state index in [1.807, 2.05) is 31.2 Å². The molecule has 1 unspecified atom stereocenters. The number of aryl methyl sites for hydroxylation is 1. The normalized spacial score (nSPS) is 12.1. The standard InChI is InChI=1S/C20H18FNO/c1-14-2-7-20(23)19(12-14)18(13-15-8-10-22-11-9-15)16-3-5-17(21)6-4-16/h2-12,18,23H,13H2,1H3. The van der Waals surface area contributed by atoms with Crippen LogP contribution in [-0.2, 0) is 6.42 Å². The quantitative estimate of drug-likeness (QED) is 0.763. The molecule has 3 heteroatoms. The molecule has 0 aliphatic carbocycles. The Morgan fingerprint density at radius 3 is 2.39 bits per heavy atom. The Bertz CT molecular complexity index is 784. The molecule has 116 valence electrons. The van der Waals surface area contributed by atoms with Crippen LogP contribution in [0.5, 0.6) is 5.75 Å². The molecule has 0 bridgehead atoms. The monoisotopic (exact) mass is 307 g/mol. The summed E-state index contributed by atoms with van der Waals surface area (Å²) in [5.41, 5.74) is 4.03. The summed E-state index contributed by atoms with van der Waals surface area (Å²) < 4.78 is 13.3. The van der Waals surface area contributed by atoms with Crippen LogP contribution >= 0.6 is 0 Å². The Hall–Kier alpha value is -2.68. The number of nitrogens with zero attached hydrogens (tertiary/aromatic N) is 1. The van der Waals surface area contributed by atoms with Crippen molar-refractivity contribution in [1.29, 1.82) is 0 Å². The molecule has 1 heterocycles. The topological polar surface area (TPSA) is 33.1 Å². The van der Waals surface area contributed by atoms with Crippen molar-refractivity contribution in [3.63, 3.8) is 0 Å². The van der Waals surface area contributed by atoms with Crippen LogP contribution < -0.4 is 0 Å². The minimum absolute atomic E-state index is 0.0436. The Balaban J connectivity index is 2.05. The average molecular weight is 307 g/mol. The van der Waals surface area contributed by atoms with E-state index in [1.165, 1.54) is 12.1 Å². The lowest BCUT2D eigenvalue weighted by molar-refractivity contribution is 0.464. The molecule has 3 aromatic rings. The summed E-state index contributed by atoms with van der Waals surface area (Å²) in [7, 11) is 0. The highest BCUT2D eigenvalue weighted by Crippen LogP contribution is 2.34. The van der Waals surface area contributed by atoms with E-state index >= 15 is 0 Å². The van der Waals surface area contributed by atoms with Gasteiger partial charge in [0.1, 0.15) is 11.6 Å². The summed E-state index contributed by atoms with van der Waals surface area (Å²) in [6, 6.07) is 16.0. The zero-order chi connectivity index (χ0) is 16.2. The fraction of sp³-hybridized carbons (Fsp3) is 0.150. The minimum Gasteiger partial charge on any atom is -0.508 e. The van der Waals surface area contributed by atoms with E-state index in [9.17, 15) is 9.50 Å². The first kappa shape index (κ1) is 15.2. The molecular formula is C20H18FNO. The average Bonchev–Trinajstić information content (AvgIpc) is 2.57. The van der Waals surface area contributed by atoms with E-state index in [1.54, 1.807) is 30.6 Å². The van der Waals surface area contributed by atoms with E-state index < -0.39 is 0 Å². The minimum atomic E-state index is -0.259. The first-order valence-corrected chi connectivity index (χ1v) is 7.57. The number of rotatable bonds is 4. The maximum atomic E-state index is 13.3. The molecule has 0 saturated carbocycles. The lowest BCUT2D eigenvalue weighted by Gasteiger charge is -2.20. The molecule has 0 amide bonds. The number of aromatic nitrogens is 1. The Morgan fingerprint density at radius 1 is 1.00 bits per heavy atom. The molecule has 0 spiro atoms. The predicted molar refractivity (Wildman–Crippen MR) is 89.0 cm³/mol. The van der Waals surface area contributed by atoms with Gasteiger partial charge in [-0.2, -0.15) is 0 Å². The van der Waals surface area contributed by atoms with Crippen LogP contribution in [0.25, 0.3) is 0 Å². The van der Waals surface area contributed by atoms with Crippen LogP contribution in [0.1, 0.15) is 28.2 Å². The Kier molecular flexibility index (Phi) is 4.38. The molecule has 3 rings (SSSR count). The van der Waals surface area contributed by atoms with E-state index in [-0.39, 0.29) is 17.5 Å². The summed E-state index contributed by atoms with van der Waals surface area (Å²) >= 11 is 0. The smallest absolute Gasteiger partial charge is 0.123 e. The highest BCUT2D eigenvalue weighted by Gasteiger charge is 2.18. The number of phenolic OH excluding ortho intramolecular Hbond substituents is 1. The van der Waals surface area contributed by atoms with Crippen LogP contribution in [0, 0.1) is 12.7 Å². The molecule has 0 fully saturated rings. The Labute approximate surface area is 135 Å². The van der Waals surface area contributed by atoms with Crippen molar-refractivity contribution in [2.45, 2.75) is 19.3 Å². The van der Waals surface area contributed by atoms with Gasteiger partial charge in [-0.1, -0.05) is 29.8 Å². The zero-order valence-corrected chi connectivity index (χ0v) is 12.9. The van der Waals surface area contributed by atoms with Gasteiger partial charge in [-0.25, -0.2) is 4.39 Å². The van der Waals surface area contributed by atoms with Gasteiger partial charge in [0, 0.05) is 23.9 Å². The third-order valence-corrected chi connectivity index (χ3v) is 4.02. The molecule has 1 N–H and O–H groups in total. The molecular weight excluding hydrogens is 289 g/mol. The van der Waals surface area contributed by atoms with Gasteiger partial charge in [-0.3, -0.25) is 4.98 Å². The number of hydrogen-bond donors (Lipinski definition) is 1. The van der Waals surface area contributed by atoms with E-state index in [0.29, 0.717) is 6.42 Å². The van der Waals surface area contributed by atoms with Gasteiger partial charge in [0.15, 0.2) is 0 Å². The fourth-order valence-electron chi connectivity index (χ4n) is 2.81. The highest BCUT2D eigenvalue weighted by molar-refractivity contribution is 5.44. The van der Waals surface area contributed by atoms with Crippen molar-refractivity contribution in [1.82, 2.24) is 4.98 Å². The number of benzene rings is 2. The summed E-state index contributed by atoms with van der Waals surface area (Å²) in [6.07, 6.45) is 4.23. The number of hydrogen-bond acceptors (Lipinski definition) is 2. The van der Waals surface area contributed by atoms with E-state index in [2.05, 4.69) is 4.98 Å². The molecule has 1 aromatic heterocycles. The molecule has 0 aliphatic rings. The van der Waals surface area contributed by atoms with Crippen LogP contribution in [0.4, 0.5) is 4.39 Å². The number of aromatic hydroxyl groups is 1. The summed E-state index contributed by atoms with van der Waals surface area (Å²) in [5, 5.41) is 10.3. The van der Waals surface area contributed by atoms with Crippen LogP contribution in [0.2, 0.25) is 0 Å². The number of phenols is 1. The molecule has 0 aliphatic heterocycles. The van der Waals surface area contributed by atoms with Crippen molar-refractivity contribution in [3.8, 4) is 5.75 Å². The number of halogens is 1. The summed E-state index contributed by atoms with van der Waals surface area (Å²) in [4.78, 5) is 4.04. The second-order valence-corrected chi connectivity index (χ2v) is 5.73. The largest absolute Gasteiger partial charge is 0.508 e. The van der Waals surface area contributed by atoms with Crippen molar-refractivity contribution < 1.29 is 9.50 Å². The lowest BCUT2D eigenvalue weighted by Crippen LogP contribution is -2.06. The summed E-state index contributed by atoms with van der Waals surface area (Å²) in [5.74, 6) is -0.0400. The van der Waals surface area contributed by atoms with Crippen molar-refractivity contribution in [2.24, 2.45) is 0 Å². The maximum Gasteiger partial charge on any atom is 0.123 e. The first-order chi connectivity index (χ1) is 11.1. The van der Waals surface area contributed by atoms with Crippen LogP contribution in [-0.4, -0.2) is 10.1 Å². The van der Waals surface area contributed by atoms with Crippen molar-refractivity contribution in [3.05, 3.63) is 95.1 Å². The third kappa shape index (κ3) is 3.57. The molecule has 0 radical (unpaired) electrons. The lowest BCUT2D eigenvalue weighted by atomic mass is 9.85. The van der Waals surface area contributed by atoms with Gasteiger partial charge in [0.25, 0.3) is 0 Å². The van der Waals surface area contributed by atoms with Crippen LogP contribution in [0.3, 0.4) is 0 Å². The SMILES string of the molecule is Cc1ccc(O)c(C(Cc2ccncc2)c2ccc(F)cc2)c1. The molecule has 1 atom stereocenters. The first-order valence-electron chi connectivity index (χ1n) is 7.57. The molecule has 2 nitrogen and oxygen atoms in total. The van der Waals surface area contributed by atoms with Gasteiger partial charge in [0.2, 0.25) is 0 Å². The fourth-order valence-corrected chi connectivity index (χ4v) is 2.81. The highest BCUT2D eigenvalue weighted by atomic mass is 19.1. The molecule has 23 heavy (non-hydrogen) atoms. The number of pyridine rings is 1.